The summed E-state index contributed by atoms with van der Waals surface area (Å²) in [6, 6.07) is 5.71. The number of benzene rings is 1. The molecular formula is C17H27N3O2. The lowest BCUT2D eigenvalue weighted by molar-refractivity contribution is -0.138. The second-order valence-corrected chi connectivity index (χ2v) is 6.44. The second kappa shape index (κ2) is 7.40. The Morgan fingerprint density at radius 2 is 1.73 bits per heavy atom. The van der Waals surface area contributed by atoms with Crippen molar-refractivity contribution in [1.29, 1.82) is 0 Å². The quantitative estimate of drug-likeness (QED) is 0.790. The normalized spacial score (nSPS) is 11.4. The summed E-state index contributed by atoms with van der Waals surface area (Å²) in [7, 11) is 3.87. The number of rotatable bonds is 6. The van der Waals surface area contributed by atoms with E-state index in [0.29, 0.717) is 12.2 Å². The van der Waals surface area contributed by atoms with Crippen molar-refractivity contribution in [3.63, 3.8) is 0 Å². The third-order valence-corrected chi connectivity index (χ3v) is 3.74. The Kier molecular flexibility index (Phi) is 6.11. The molecule has 0 aliphatic heterocycles. The third-order valence-electron chi connectivity index (χ3n) is 3.74. The fraction of sp³-hybridized carbons (Fsp3) is 0.529. The average molecular weight is 305 g/mol. The van der Waals surface area contributed by atoms with Crippen LogP contribution in [0.1, 0.15) is 25.0 Å². The minimum atomic E-state index is -1.12. The highest BCUT2D eigenvalue weighted by molar-refractivity contribution is 6.09. The molecule has 1 rings (SSSR count). The van der Waals surface area contributed by atoms with Crippen molar-refractivity contribution in [2.45, 2.75) is 27.7 Å². The molecule has 2 N–H and O–H groups in total. The molecule has 0 atom stereocenters. The fourth-order valence-electron chi connectivity index (χ4n) is 1.82. The van der Waals surface area contributed by atoms with Crippen molar-refractivity contribution in [3.8, 4) is 0 Å². The predicted octanol–water partition coefficient (Wildman–Crippen LogP) is 1.95. The molecule has 0 aromatic heterocycles. The van der Waals surface area contributed by atoms with Gasteiger partial charge in [-0.1, -0.05) is 6.07 Å². The average Bonchev–Trinajstić information content (AvgIpc) is 2.42. The van der Waals surface area contributed by atoms with Gasteiger partial charge >= 0.3 is 0 Å². The summed E-state index contributed by atoms with van der Waals surface area (Å²) < 4.78 is 0. The first-order valence-electron chi connectivity index (χ1n) is 7.46. The lowest BCUT2D eigenvalue weighted by Crippen LogP contribution is -2.46. The number of carbonyl (C=O) groups excluding carboxylic acids is 2. The molecule has 22 heavy (non-hydrogen) atoms. The van der Waals surface area contributed by atoms with Crippen molar-refractivity contribution in [3.05, 3.63) is 29.3 Å². The minimum absolute atomic E-state index is 0.268. The zero-order valence-corrected chi connectivity index (χ0v) is 14.4. The number of aryl methyl sites for hydroxylation is 2. The standard InChI is InChI=1S/C17H27N3O2/c1-12-7-8-14(11-13(12)2)19-16(22)17(3,4)15(21)18-9-10-20(5)6/h7-8,11H,9-10H2,1-6H3,(H,18,21)(H,19,22). The second-order valence-electron chi connectivity index (χ2n) is 6.44. The summed E-state index contributed by atoms with van der Waals surface area (Å²) in [6.45, 7) is 8.53. The number of carbonyl (C=O) groups is 2. The topological polar surface area (TPSA) is 61.4 Å². The molecule has 0 saturated heterocycles. The zero-order chi connectivity index (χ0) is 16.9. The molecule has 1 aromatic carbocycles. The molecule has 1 aromatic rings. The van der Waals surface area contributed by atoms with Gasteiger partial charge in [-0.05, 0) is 65.0 Å². The van der Waals surface area contributed by atoms with E-state index in [1.807, 2.05) is 51.0 Å². The summed E-state index contributed by atoms with van der Waals surface area (Å²) in [5, 5.41) is 5.62. The van der Waals surface area contributed by atoms with Crippen LogP contribution < -0.4 is 10.6 Å². The van der Waals surface area contributed by atoms with Crippen molar-refractivity contribution >= 4 is 17.5 Å². The zero-order valence-electron chi connectivity index (χ0n) is 14.4. The summed E-state index contributed by atoms with van der Waals surface area (Å²) in [6.07, 6.45) is 0. The summed E-state index contributed by atoms with van der Waals surface area (Å²) in [5.74, 6) is -0.575. The van der Waals surface area contributed by atoms with Gasteiger partial charge in [-0.3, -0.25) is 9.59 Å². The van der Waals surface area contributed by atoms with Crippen LogP contribution in [0.4, 0.5) is 5.69 Å². The van der Waals surface area contributed by atoms with Crippen molar-refractivity contribution in [2.75, 3.05) is 32.5 Å². The van der Waals surface area contributed by atoms with Crippen LogP contribution in [-0.4, -0.2) is 43.9 Å². The Labute approximate surface area is 133 Å². The summed E-state index contributed by atoms with van der Waals surface area (Å²) in [4.78, 5) is 26.6. The molecule has 0 fully saturated rings. The van der Waals surface area contributed by atoms with Crippen LogP contribution in [0.25, 0.3) is 0 Å². The van der Waals surface area contributed by atoms with Gasteiger partial charge in [-0.2, -0.15) is 0 Å². The van der Waals surface area contributed by atoms with Crippen LogP contribution in [0.15, 0.2) is 18.2 Å². The molecule has 0 saturated carbocycles. The largest absolute Gasteiger partial charge is 0.354 e. The number of nitrogens with one attached hydrogen (secondary N) is 2. The van der Waals surface area contributed by atoms with Gasteiger partial charge in [-0.25, -0.2) is 0 Å². The smallest absolute Gasteiger partial charge is 0.239 e. The number of hydrogen-bond acceptors (Lipinski definition) is 3. The monoisotopic (exact) mass is 305 g/mol. The molecular weight excluding hydrogens is 278 g/mol. The lowest BCUT2D eigenvalue weighted by Gasteiger charge is -2.23. The number of likely N-dealkylation sites (N-methyl/N-ethyl adjacent to an activating group) is 1. The maximum atomic E-state index is 12.4. The van der Waals surface area contributed by atoms with Gasteiger partial charge in [0.05, 0.1) is 0 Å². The molecule has 0 unspecified atom stereocenters. The molecule has 5 nitrogen and oxygen atoms in total. The van der Waals surface area contributed by atoms with Gasteiger partial charge in [0.2, 0.25) is 11.8 Å². The van der Waals surface area contributed by atoms with E-state index in [9.17, 15) is 9.59 Å². The molecule has 0 radical (unpaired) electrons. The van der Waals surface area contributed by atoms with Gasteiger partial charge in [-0.15, -0.1) is 0 Å². The van der Waals surface area contributed by atoms with Gasteiger partial charge in [0.15, 0.2) is 0 Å². The number of amides is 2. The molecule has 0 spiro atoms. The summed E-state index contributed by atoms with van der Waals surface area (Å²) >= 11 is 0. The maximum Gasteiger partial charge on any atom is 0.239 e. The van der Waals surface area contributed by atoms with E-state index in [4.69, 9.17) is 0 Å². The highest BCUT2D eigenvalue weighted by atomic mass is 16.2. The summed E-state index contributed by atoms with van der Waals surface area (Å²) in [5.41, 5.74) is 1.86. The van der Waals surface area contributed by atoms with Crippen LogP contribution in [0, 0.1) is 19.3 Å². The van der Waals surface area contributed by atoms with Crippen molar-refractivity contribution < 1.29 is 9.59 Å². The van der Waals surface area contributed by atoms with E-state index < -0.39 is 5.41 Å². The van der Waals surface area contributed by atoms with Gasteiger partial charge < -0.3 is 15.5 Å². The number of anilines is 1. The van der Waals surface area contributed by atoms with Crippen LogP contribution >= 0.6 is 0 Å². The molecule has 0 heterocycles. The first-order valence-corrected chi connectivity index (χ1v) is 7.46. The Morgan fingerprint density at radius 3 is 2.27 bits per heavy atom. The Morgan fingerprint density at radius 1 is 1.09 bits per heavy atom. The van der Waals surface area contributed by atoms with E-state index in [2.05, 4.69) is 10.6 Å². The van der Waals surface area contributed by atoms with Gasteiger partial charge in [0.25, 0.3) is 0 Å². The van der Waals surface area contributed by atoms with E-state index in [1.54, 1.807) is 13.8 Å². The predicted molar refractivity (Wildman–Crippen MR) is 89.9 cm³/mol. The van der Waals surface area contributed by atoms with Gasteiger partial charge in [0.1, 0.15) is 5.41 Å². The Hall–Kier alpha value is -1.88. The lowest BCUT2D eigenvalue weighted by atomic mass is 9.91. The minimum Gasteiger partial charge on any atom is -0.354 e. The van der Waals surface area contributed by atoms with Crippen LogP contribution in [-0.2, 0) is 9.59 Å². The van der Waals surface area contributed by atoms with Gasteiger partial charge in [0, 0.05) is 18.8 Å². The molecule has 5 heteroatoms. The number of nitrogens with zero attached hydrogens (tertiary/aromatic N) is 1. The maximum absolute atomic E-state index is 12.4. The highest BCUT2D eigenvalue weighted by Crippen LogP contribution is 2.20. The van der Waals surface area contributed by atoms with E-state index in [1.165, 1.54) is 5.56 Å². The Bertz CT molecular complexity index is 551. The molecule has 0 aliphatic rings. The van der Waals surface area contributed by atoms with E-state index >= 15 is 0 Å². The van der Waals surface area contributed by atoms with Crippen molar-refractivity contribution in [2.24, 2.45) is 5.41 Å². The Balaban J connectivity index is 2.68. The van der Waals surface area contributed by atoms with Crippen molar-refractivity contribution in [1.82, 2.24) is 10.2 Å². The molecule has 122 valence electrons. The molecule has 0 aliphatic carbocycles. The number of hydrogen-bond donors (Lipinski definition) is 2. The first kappa shape index (κ1) is 18.2. The SMILES string of the molecule is Cc1ccc(NC(=O)C(C)(C)C(=O)NCCN(C)C)cc1C. The first-order chi connectivity index (χ1) is 10.1. The van der Waals surface area contributed by atoms with Crippen LogP contribution in [0.5, 0.6) is 0 Å². The van der Waals surface area contributed by atoms with E-state index in [-0.39, 0.29) is 11.8 Å². The third kappa shape index (κ3) is 4.84. The van der Waals surface area contributed by atoms with Crippen LogP contribution in [0.2, 0.25) is 0 Å². The molecule has 2 amide bonds. The fourth-order valence-corrected chi connectivity index (χ4v) is 1.82. The highest BCUT2D eigenvalue weighted by Gasteiger charge is 2.35. The van der Waals surface area contributed by atoms with Crippen LogP contribution in [0.3, 0.4) is 0 Å². The molecule has 0 bridgehead atoms. The van der Waals surface area contributed by atoms with E-state index in [0.717, 1.165) is 12.1 Å².